The number of nitrogens with one attached hydrogen (secondary N) is 1. The normalized spacial score (nSPS) is 17.8. The van der Waals surface area contributed by atoms with E-state index in [1.54, 1.807) is 0 Å². The molecule has 8 heteroatoms. The average Bonchev–Trinajstić information content (AvgIpc) is 2.95. The monoisotopic (exact) mass is 470 g/mol. The Bertz CT molecular complexity index is 760. The highest BCUT2D eigenvalue weighted by Gasteiger charge is 2.25. The van der Waals surface area contributed by atoms with Crippen LogP contribution in [0, 0.1) is 13.8 Å². The Labute approximate surface area is 171 Å². The van der Waals surface area contributed by atoms with Gasteiger partial charge in [0.2, 0.25) is 0 Å². The molecule has 1 fully saturated rings. The summed E-state index contributed by atoms with van der Waals surface area (Å²) in [6.45, 7) is 6.95. The number of benzene rings is 1. The van der Waals surface area contributed by atoms with Gasteiger partial charge in [0, 0.05) is 20.6 Å². The molecule has 1 aliphatic heterocycles. The predicted octanol–water partition coefficient (Wildman–Crippen LogP) is 2.20. The van der Waals surface area contributed by atoms with Crippen molar-refractivity contribution in [1.82, 2.24) is 25.0 Å². The Morgan fingerprint density at radius 1 is 1.31 bits per heavy atom. The molecule has 3 rings (SSSR count). The Kier molecular flexibility index (Phi) is 7.39. The zero-order chi connectivity index (χ0) is 17.8. The number of ether oxygens (including phenoxy) is 1. The van der Waals surface area contributed by atoms with Gasteiger partial charge in [0.1, 0.15) is 11.9 Å². The van der Waals surface area contributed by atoms with Crippen LogP contribution in [0.2, 0.25) is 0 Å². The molecule has 1 atom stereocenters. The van der Waals surface area contributed by atoms with Crippen molar-refractivity contribution >= 4 is 29.9 Å². The van der Waals surface area contributed by atoms with Crippen molar-refractivity contribution in [3.8, 4) is 0 Å². The fourth-order valence-corrected chi connectivity index (χ4v) is 3.07. The molecule has 0 saturated carbocycles. The van der Waals surface area contributed by atoms with Crippen molar-refractivity contribution in [1.29, 1.82) is 0 Å². The minimum Gasteiger partial charge on any atom is -0.370 e. The molecule has 1 aliphatic rings. The van der Waals surface area contributed by atoms with Gasteiger partial charge in [-0.15, -0.1) is 34.2 Å². The van der Waals surface area contributed by atoms with Crippen molar-refractivity contribution < 1.29 is 4.74 Å². The van der Waals surface area contributed by atoms with Crippen LogP contribution in [0.1, 0.15) is 28.9 Å². The maximum Gasteiger partial charge on any atom is 0.194 e. The van der Waals surface area contributed by atoms with Crippen LogP contribution in [0.4, 0.5) is 0 Å². The van der Waals surface area contributed by atoms with E-state index in [0.29, 0.717) is 13.2 Å². The van der Waals surface area contributed by atoms with Crippen LogP contribution in [-0.4, -0.2) is 52.4 Å². The third kappa shape index (κ3) is 4.53. The molecule has 1 saturated heterocycles. The number of hydrogen-bond donors (Lipinski definition) is 1. The van der Waals surface area contributed by atoms with Crippen molar-refractivity contribution in [3.05, 3.63) is 47.0 Å². The smallest absolute Gasteiger partial charge is 0.194 e. The van der Waals surface area contributed by atoms with Crippen molar-refractivity contribution in [3.63, 3.8) is 0 Å². The molecule has 1 unspecified atom stereocenters. The van der Waals surface area contributed by atoms with Crippen molar-refractivity contribution in [2.24, 2.45) is 12.0 Å². The number of aryl methyl sites for hydroxylation is 2. The van der Waals surface area contributed by atoms with Crippen LogP contribution in [0.25, 0.3) is 0 Å². The SMILES string of the molecule is CN=C(NCc1nnc(C)n1C)N1CCOC(c2ccccc2C)C1.I. The highest BCUT2D eigenvalue weighted by atomic mass is 127. The third-order valence-corrected chi connectivity index (χ3v) is 4.70. The highest BCUT2D eigenvalue weighted by molar-refractivity contribution is 14.0. The van der Waals surface area contributed by atoms with E-state index in [9.17, 15) is 0 Å². The quantitative estimate of drug-likeness (QED) is 0.424. The van der Waals surface area contributed by atoms with Gasteiger partial charge in [-0.05, 0) is 25.0 Å². The Balaban J connectivity index is 0.00000243. The van der Waals surface area contributed by atoms with Crippen molar-refractivity contribution in [2.45, 2.75) is 26.5 Å². The summed E-state index contributed by atoms with van der Waals surface area (Å²) in [5, 5.41) is 11.7. The summed E-state index contributed by atoms with van der Waals surface area (Å²) >= 11 is 0. The molecule has 0 bridgehead atoms. The maximum atomic E-state index is 6.00. The number of halogens is 1. The predicted molar refractivity (Wildman–Crippen MR) is 113 cm³/mol. The first-order valence-corrected chi connectivity index (χ1v) is 8.57. The molecule has 2 aromatic rings. The first-order chi connectivity index (χ1) is 12.1. The van der Waals surface area contributed by atoms with E-state index < -0.39 is 0 Å². The average molecular weight is 470 g/mol. The second-order valence-electron chi connectivity index (χ2n) is 6.29. The number of nitrogens with zero attached hydrogens (tertiary/aromatic N) is 5. The van der Waals surface area contributed by atoms with Crippen LogP contribution in [0.15, 0.2) is 29.3 Å². The van der Waals surface area contributed by atoms with Gasteiger partial charge in [0.05, 0.1) is 19.7 Å². The van der Waals surface area contributed by atoms with Gasteiger partial charge >= 0.3 is 0 Å². The van der Waals surface area contributed by atoms with Crippen LogP contribution in [-0.2, 0) is 18.3 Å². The lowest BCUT2D eigenvalue weighted by molar-refractivity contribution is -0.00835. The summed E-state index contributed by atoms with van der Waals surface area (Å²) < 4.78 is 7.99. The number of hydrogen-bond acceptors (Lipinski definition) is 4. The van der Waals surface area contributed by atoms with Gasteiger partial charge in [-0.25, -0.2) is 0 Å². The molecule has 7 nitrogen and oxygen atoms in total. The van der Waals surface area contributed by atoms with Gasteiger partial charge in [0.25, 0.3) is 0 Å². The molecule has 1 aromatic heterocycles. The van der Waals surface area contributed by atoms with E-state index in [-0.39, 0.29) is 30.1 Å². The molecule has 26 heavy (non-hydrogen) atoms. The van der Waals surface area contributed by atoms with Gasteiger partial charge in [-0.2, -0.15) is 0 Å². The Morgan fingerprint density at radius 2 is 2.08 bits per heavy atom. The Morgan fingerprint density at radius 3 is 2.73 bits per heavy atom. The summed E-state index contributed by atoms with van der Waals surface area (Å²) in [4.78, 5) is 6.67. The van der Waals surface area contributed by atoms with Gasteiger partial charge < -0.3 is 19.5 Å². The second kappa shape index (κ2) is 9.31. The lowest BCUT2D eigenvalue weighted by atomic mass is 10.0. The number of morpholine rings is 1. The van der Waals surface area contributed by atoms with Crippen LogP contribution >= 0.6 is 24.0 Å². The fraction of sp³-hybridized carbons (Fsp3) is 0.500. The number of guanidine groups is 1. The molecule has 0 spiro atoms. The van der Waals surface area contributed by atoms with Gasteiger partial charge in [-0.1, -0.05) is 24.3 Å². The standard InChI is InChI=1S/C18H26N6O.HI/c1-13-7-5-6-8-15(13)16-12-24(9-10-25-16)18(19-3)20-11-17-22-21-14(2)23(17)4;/h5-8,16H,9-12H2,1-4H3,(H,19,20);1H. The van der Waals surface area contributed by atoms with Crippen LogP contribution in [0.3, 0.4) is 0 Å². The summed E-state index contributed by atoms with van der Waals surface area (Å²) in [5.74, 6) is 2.66. The molecular weight excluding hydrogens is 443 g/mol. The molecule has 0 radical (unpaired) electrons. The zero-order valence-corrected chi connectivity index (χ0v) is 18.1. The second-order valence-corrected chi connectivity index (χ2v) is 6.29. The minimum absolute atomic E-state index is 0. The summed E-state index contributed by atoms with van der Waals surface area (Å²) in [6, 6.07) is 8.39. The molecule has 2 heterocycles. The molecule has 1 aromatic carbocycles. The summed E-state index contributed by atoms with van der Waals surface area (Å²) in [6.07, 6.45) is 0.0607. The lowest BCUT2D eigenvalue weighted by Gasteiger charge is -2.35. The van der Waals surface area contributed by atoms with Crippen molar-refractivity contribution in [2.75, 3.05) is 26.7 Å². The van der Waals surface area contributed by atoms with Crippen LogP contribution < -0.4 is 5.32 Å². The first kappa shape index (κ1) is 20.6. The van der Waals surface area contributed by atoms with E-state index in [0.717, 1.165) is 30.7 Å². The molecule has 1 N–H and O–H groups in total. The molecule has 0 amide bonds. The van der Waals surface area contributed by atoms with E-state index >= 15 is 0 Å². The zero-order valence-electron chi connectivity index (χ0n) is 15.8. The minimum atomic E-state index is 0. The topological polar surface area (TPSA) is 67.6 Å². The number of rotatable bonds is 3. The van der Waals surface area contributed by atoms with E-state index in [2.05, 4.69) is 56.6 Å². The molecule has 142 valence electrons. The Hall–Kier alpha value is -1.68. The van der Waals surface area contributed by atoms with Gasteiger partial charge in [0.15, 0.2) is 11.8 Å². The largest absolute Gasteiger partial charge is 0.370 e. The van der Waals surface area contributed by atoms with E-state index in [1.807, 2.05) is 25.6 Å². The third-order valence-electron chi connectivity index (χ3n) is 4.70. The molecule has 0 aliphatic carbocycles. The summed E-state index contributed by atoms with van der Waals surface area (Å²) in [7, 11) is 3.78. The van der Waals surface area contributed by atoms with E-state index in [4.69, 9.17) is 4.74 Å². The number of aromatic nitrogens is 3. The van der Waals surface area contributed by atoms with Gasteiger partial charge in [-0.3, -0.25) is 4.99 Å². The first-order valence-electron chi connectivity index (χ1n) is 8.57. The highest BCUT2D eigenvalue weighted by Crippen LogP contribution is 2.24. The molecular formula is C18H27IN6O. The van der Waals surface area contributed by atoms with E-state index in [1.165, 1.54) is 11.1 Å². The fourth-order valence-electron chi connectivity index (χ4n) is 3.07. The lowest BCUT2D eigenvalue weighted by Crippen LogP contribution is -2.48. The number of aliphatic imine (C=N–C) groups is 1. The van der Waals surface area contributed by atoms with Crippen LogP contribution in [0.5, 0.6) is 0 Å². The summed E-state index contributed by atoms with van der Waals surface area (Å²) in [5.41, 5.74) is 2.50. The maximum absolute atomic E-state index is 6.00.